The molecule has 5 heteroatoms. The Morgan fingerprint density at radius 3 is 2.87 bits per heavy atom. The molecule has 1 fully saturated rings. The summed E-state index contributed by atoms with van der Waals surface area (Å²) >= 11 is 0. The number of hydrogen-bond donors (Lipinski definition) is 0. The summed E-state index contributed by atoms with van der Waals surface area (Å²) in [7, 11) is 1.72. The molecule has 0 radical (unpaired) electrons. The number of benzene rings is 1. The lowest BCUT2D eigenvalue weighted by Gasteiger charge is -2.30. The number of nitrogens with zero attached hydrogens (tertiary/aromatic N) is 4. The fraction of sp³-hybridized carbons (Fsp3) is 0.440. The first kappa shape index (κ1) is 20.8. The molecule has 5 nitrogen and oxygen atoms in total. The van der Waals surface area contributed by atoms with Gasteiger partial charge in [-0.1, -0.05) is 25.1 Å². The first-order valence-corrected chi connectivity index (χ1v) is 11.0. The maximum atomic E-state index is 5.70. The minimum absolute atomic E-state index is 0.605. The number of aromatic nitrogens is 2. The van der Waals surface area contributed by atoms with Gasteiger partial charge in [0.05, 0.1) is 12.6 Å². The summed E-state index contributed by atoms with van der Waals surface area (Å²) in [5.41, 5.74) is 4.58. The van der Waals surface area contributed by atoms with Crippen LogP contribution in [0.4, 0.5) is 0 Å². The van der Waals surface area contributed by atoms with E-state index in [-0.39, 0.29) is 0 Å². The van der Waals surface area contributed by atoms with Crippen molar-refractivity contribution in [1.82, 2.24) is 19.8 Å². The van der Waals surface area contributed by atoms with E-state index in [9.17, 15) is 0 Å². The van der Waals surface area contributed by atoms with E-state index in [4.69, 9.17) is 9.72 Å². The van der Waals surface area contributed by atoms with E-state index in [0.717, 1.165) is 48.5 Å². The third kappa shape index (κ3) is 4.79. The van der Waals surface area contributed by atoms with Crippen LogP contribution in [0.1, 0.15) is 36.5 Å². The zero-order valence-electron chi connectivity index (χ0n) is 18.3. The molecule has 0 aliphatic carbocycles. The van der Waals surface area contributed by atoms with Crippen LogP contribution in [0.2, 0.25) is 0 Å². The SMILES string of the molecule is CCN1CCC[C@@H]1CN(Cc1cccnc1)Cc1cc2ccc(C)cc2nc1OC. The molecule has 0 spiro atoms. The van der Waals surface area contributed by atoms with E-state index in [1.165, 1.54) is 30.5 Å². The second-order valence-electron chi connectivity index (χ2n) is 8.31. The van der Waals surface area contributed by atoms with Gasteiger partial charge in [0, 0.05) is 49.0 Å². The van der Waals surface area contributed by atoms with Crippen molar-refractivity contribution in [3.05, 3.63) is 65.5 Å². The highest BCUT2D eigenvalue weighted by Gasteiger charge is 2.26. The Kier molecular flexibility index (Phi) is 6.60. The molecule has 3 aromatic rings. The molecule has 30 heavy (non-hydrogen) atoms. The van der Waals surface area contributed by atoms with E-state index in [0.29, 0.717) is 6.04 Å². The number of ether oxygens (including phenoxy) is 1. The standard InChI is InChI=1S/C25H32N4O/c1-4-29-12-6-8-23(29)18-28(16-20-7-5-11-26-15-20)17-22-14-21-10-9-19(2)13-24(21)27-25(22)30-3/h5,7,9-11,13-15,23H,4,6,8,12,16-18H2,1-3H3/t23-/m1/s1. The predicted octanol–water partition coefficient (Wildman–Crippen LogP) is 4.43. The van der Waals surface area contributed by atoms with E-state index < -0.39 is 0 Å². The second kappa shape index (κ2) is 9.54. The van der Waals surface area contributed by atoms with E-state index >= 15 is 0 Å². The lowest BCUT2D eigenvalue weighted by Crippen LogP contribution is -2.39. The highest BCUT2D eigenvalue weighted by Crippen LogP contribution is 2.26. The number of fused-ring (bicyclic) bond motifs is 1. The van der Waals surface area contributed by atoms with Crippen molar-refractivity contribution in [3.8, 4) is 5.88 Å². The molecular formula is C25H32N4O. The summed E-state index contributed by atoms with van der Waals surface area (Å²) in [6.07, 6.45) is 6.36. The Balaban J connectivity index is 1.62. The first-order valence-electron chi connectivity index (χ1n) is 11.0. The van der Waals surface area contributed by atoms with Gasteiger partial charge >= 0.3 is 0 Å². The Bertz CT molecular complexity index is 976. The smallest absolute Gasteiger partial charge is 0.218 e. The van der Waals surface area contributed by atoms with Gasteiger partial charge in [0.2, 0.25) is 5.88 Å². The summed E-state index contributed by atoms with van der Waals surface area (Å²) in [5, 5.41) is 1.16. The zero-order valence-corrected chi connectivity index (χ0v) is 18.3. The van der Waals surface area contributed by atoms with Crippen LogP contribution in [0.5, 0.6) is 5.88 Å². The molecule has 3 heterocycles. The molecule has 1 aliphatic heterocycles. The maximum Gasteiger partial charge on any atom is 0.218 e. The van der Waals surface area contributed by atoms with Crippen LogP contribution in [0.15, 0.2) is 48.8 Å². The number of likely N-dealkylation sites (tertiary alicyclic amines) is 1. The van der Waals surface area contributed by atoms with Crippen LogP contribution >= 0.6 is 0 Å². The topological polar surface area (TPSA) is 41.5 Å². The molecule has 1 atom stereocenters. The molecule has 4 rings (SSSR count). The summed E-state index contributed by atoms with van der Waals surface area (Å²) < 4.78 is 5.70. The van der Waals surface area contributed by atoms with Gasteiger partial charge < -0.3 is 4.74 Å². The summed E-state index contributed by atoms with van der Waals surface area (Å²) in [5.74, 6) is 0.725. The van der Waals surface area contributed by atoms with Gasteiger partial charge in [-0.3, -0.25) is 14.8 Å². The van der Waals surface area contributed by atoms with E-state index in [2.05, 4.69) is 59.0 Å². The molecule has 0 saturated carbocycles. The van der Waals surface area contributed by atoms with Crippen LogP contribution in [0, 0.1) is 6.92 Å². The van der Waals surface area contributed by atoms with Crippen LogP contribution < -0.4 is 4.74 Å². The van der Waals surface area contributed by atoms with E-state index in [1.54, 1.807) is 7.11 Å². The van der Waals surface area contributed by atoms with Crippen molar-refractivity contribution in [1.29, 1.82) is 0 Å². The summed E-state index contributed by atoms with van der Waals surface area (Å²) in [6.45, 7) is 9.41. The maximum absolute atomic E-state index is 5.70. The van der Waals surface area contributed by atoms with Gasteiger partial charge in [-0.2, -0.15) is 0 Å². The molecular weight excluding hydrogens is 372 g/mol. The van der Waals surface area contributed by atoms with Crippen LogP contribution in [-0.2, 0) is 13.1 Å². The van der Waals surface area contributed by atoms with Crippen molar-refractivity contribution < 1.29 is 4.74 Å². The molecule has 0 bridgehead atoms. The van der Waals surface area contributed by atoms with Crippen molar-refractivity contribution in [3.63, 3.8) is 0 Å². The third-order valence-electron chi connectivity index (χ3n) is 6.10. The number of hydrogen-bond acceptors (Lipinski definition) is 5. The fourth-order valence-corrected chi connectivity index (χ4v) is 4.59. The van der Waals surface area contributed by atoms with Crippen molar-refractivity contribution in [2.45, 2.75) is 45.8 Å². The number of aryl methyl sites for hydroxylation is 1. The monoisotopic (exact) mass is 404 g/mol. The average molecular weight is 405 g/mol. The largest absolute Gasteiger partial charge is 0.481 e. The molecule has 0 N–H and O–H groups in total. The van der Waals surface area contributed by atoms with Gasteiger partial charge in [-0.05, 0) is 62.2 Å². The van der Waals surface area contributed by atoms with Crippen molar-refractivity contribution in [2.75, 3.05) is 26.7 Å². The van der Waals surface area contributed by atoms with Crippen LogP contribution in [-0.4, -0.2) is 52.6 Å². The Morgan fingerprint density at radius 1 is 1.20 bits per heavy atom. The zero-order chi connectivity index (χ0) is 20.9. The highest BCUT2D eigenvalue weighted by molar-refractivity contribution is 5.80. The van der Waals surface area contributed by atoms with E-state index in [1.807, 2.05) is 18.5 Å². The first-order chi connectivity index (χ1) is 14.7. The Labute approximate surface area is 179 Å². The van der Waals surface area contributed by atoms with Gasteiger partial charge in [0.1, 0.15) is 0 Å². The van der Waals surface area contributed by atoms with Gasteiger partial charge in [-0.25, -0.2) is 4.98 Å². The number of rotatable bonds is 8. The molecule has 2 aromatic heterocycles. The Morgan fingerprint density at radius 2 is 2.10 bits per heavy atom. The molecule has 1 aromatic carbocycles. The second-order valence-corrected chi connectivity index (χ2v) is 8.31. The van der Waals surface area contributed by atoms with Crippen molar-refractivity contribution in [2.24, 2.45) is 0 Å². The van der Waals surface area contributed by atoms with Gasteiger partial charge in [0.25, 0.3) is 0 Å². The number of likely N-dealkylation sites (N-methyl/N-ethyl adjacent to an activating group) is 1. The quantitative estimate of drug-likeness (QED) is 0.555. The number of pyridine rings is 2. The number of methoxy groups -OCH3 is 1. The molecule has 0 amide bonds. The highest BCUT2D eigenvalue weighted by atomic mass is 16.5. The van der Waals surface area contributed by atoms with Gasteiger partial charge in [0.15, 0.2) is 0 Å². The normalized spacial score (nSPS) is 17.1. The molecule has 1 saturated heterocycles. The fourth-order valence-electron chi connectivity index (χ4n) is 4.59. The summed E-state index contributed by atoms with van der Waals surface area (Å²) in [4.78, 5) is 14.3. The Hall–Kier alpha value is -2.50. The average Bonchev–Trinajstić information content (AvgIpc) is 3.21. The minimum atomic E-state index is 0.605. The molecule has 1 aliphatic rings. The lowest BCUT2D eigenvalue weighted by molar-refractivity contribution is 0.164. The van der Waals surface area contributed by atoms with Crippen LogP contribution in [0.3, 0.4) is 0 Å². The van der Waals surface area contributed by atoms with Crippen molar-refractivity contribution >= 4 is 10.9 Å². The third-order valence-corrected chi connectivity index (χ3v) is 6.10. The lowest BCUT2D eigenvalue weighted by atomic mass is 10.1. The predicted molar refractivity (Wildman–Crippen MR) is 122 cm³/mol. The minimum Gasteiger partial charge on any atom is -0.481 e. The van der Waals surface area contributed by atoms with Gasteiger partial charge in [-0.15, -0.1) is 0 Å². The molecule has 158 valence electrons. The summed E-state index contributed by atoms with van der Waals surface area (Å²) in [6, 6.07) is 13.4. The van der Waals surface area contributed by atoms with Crippen LogP contribution in [0.25, 0.3) is 10.9 Å². The molecule has 0 unspecified atom stereocenters.